The van der Waals surface area contributed by atoms with E-state index < -0.39 is 0 Å². The molecule has 100 valence electrons. The minimum absolute atomic E-state index is 0.341. The van der Waals surface area contributed by atoms with Crippen molar-refractivity contribution < 1.29 is 4.74 Å². The van der Waals surface area contributed by atoms with Crippen LogP contribution < -0.4 is 4.74 Å². The van der Waals surface area contributed by atoms with Gasteiger partial charge >= 0.3 is 0 Å². The highest BCUT2D eigenvalue weighted by Gasteiger charge is 2.28. The van der Waals surface area contributed by atoms with Gasteiger partial charge in [0.2, 0.25) is 0 Å². The lowest BCUT2D eigenvalue weighted by atomic mass is 9.91. The molecule has 0 N–H and O–H groups in total. The van der Waals surface area contributed by atoms with E-state index in [0.717, 1.165) is 5.75 Å². The summed E-state index contributed by atoms with van der Waals surface area (Å²) in [5.41, 5.74) is 2.50. The van der Waals surface area contributed by atoms with E-state index >= 15 is 0 Å². The van der Waals surface area contributed by atoms with Gasteiger partial charge in [-0.25, -0.2) is 0 Å². The van der Waals surface area contributed by atoms with Gasteiger partial charge in [0.1, 0.15) is 11.9 Å². The smallest absolute Gasteiger partial charge is 0.125 e. The molecule has 1 saturated carbocycles. The van der Waals surface area contributed by atoms with E-state index in [9.17, 15) is 0 Å². The summed E-state index contributed by atoms with van der Waals surface area (Å²) in [4.78, 5) is 2.32. The van der Waals surface area contributed by atoms with Crippen LogP contribution in [0.3, 0.4) is 0 Å². The molecular formula is C16H25NO. The van der Waals surface area contributed by atoms with Gasteiger partial charge in [0.25, 0.3) is 0 Å². The number of hydrogen-bond donors (Lipinski definition) is 0. The van der Waals surface area contributed by atoms with Gasteiger partial charge in [-0.1, -0.05) is 24.6 Å². The van der Waals surface area contributed by atoms with E-state index in [1.54, 1.807) is 0 Å². The molecule has 0 heterocycles. The maximum atomic E-state index is 6.35. The first-order valence-corrected chi connectivity index (χ1v) is 6.99. The minimum atomic E-state index is 0.341. The third-order valence-corrected chi connectivity index (χ3v) is 4.01. The molecule has 2 heteroatoms. The van der Waals surface area contributed by atoms with Crippen LogP contribution in [-0.4, -0.2) is 31.1 Å². The Labute approximate surface area is 111 Å². The van der Waals surface area contributed by atoms with Gasteiger partial charge in [-0.2, -0.15) is 0 Å². The van der Waals surface area contributed by atoms with E-state index in [4.69, 9.17) is 4.74 Å². The maximum Gasteiger partial charge on any atom is 0.125 e. The van der Waals surface area contributed by atoms with E-state index in [1.165, 1.54) is 36.8 Å². The maximum absolute atomic E-state index is 6.35. The SMILES string of the molecule is Cc1cccc(C)c1O[C@H]1CCCC[C@H]1N(C)C. The van der Waals surface area contributed by atoms with Gasteiger partial charge in [0.05, 0.1) is 0 Å². The zero-order valence-corrected chi connectivity index (χ0v) is 12.1. The molecule has 0 spiro atoms. The van der Waals surface area contributed by atoms with Crippen LogP contribution in [0.15, 0.2) is 18.2 Å². The third kappa shape index (κ3) is 2.86. The summed E-state index contributed by atoms with van der Waals surface area (Å²) < 4.78 is 6.35. The van der Waals surface area contributed by atoms with Gasteiger partial charge in [-0.3, -0.25) is 0 Å². The first kappa shape index (κ1) is 13.4. The molecule has 1 aromatic rings. The summed E-state index contributed by atoms with van der Waals surface area (Å²) in [5.74, 6) is 1.09. The average Bonchev–Trinajstić information content (AvgIpc) is 2.34. The highest BCUT2D eigenvalue weighted by Crippen LogP contribution is 2.30. The Hall–Kier alpha value is -1.02. The molecule has 2 rings (SSSR count). The standard InChI is InChI=1S/C16H25NO/c1-12-8-7-9-13(2)16(12)18-15-11-6-5-10-14(15)17(3)4/h7-9,14-15H,5-6,10-11H2,1-4H3/t14-,15+/m1/s1. The van der Waals surface area contributed by atoms with Crippen LogP contribution in [0.1, 0.15) is 36.8 Å². The molecule has 0 radical (unpaired) electrons. The van der Waals surface area contributed by atoms with E-state index in [-0.39, 0.29) is 0 Å². The quantitative estimate of drug-likeness (QED) is 0.810. The van der Waals surface area contributed by atoms with Crippen molar-refractivity contribution in [3.05, 3.63) is 29.3 Å². The van der Waals surface area contributed by atoms with Gasteiger partial charge < -0.3 is 9.64 Å². The minimum Gasteiger partial charge on any atom is -0.488 e. The number of hydrogen-bond acceptors (Lipinski definition) is 2. The zero-order chi connectivity index (χ0) is 13.1. The van der Waals surface area contributed by atoms with Crippen molar-refractivity contribution in [1.29, 1.82) is 0 Å². The molecule has 1 fully saturated rings. The molecule has 1 aliphatic rings. The van der Waals surface area contributed by atoms with Crippen LogP contribution in [-0.2, 0) is 0 Å². The van der Waals surface area contributed by atoms with Crippen molar-refractivity contribution in [3.8, 4) is 5.75 Å². The molecular weight excluding hydrogens is 222 g/mol. The van der Waals surface area contributed by atoms with Crippen molar-refractivity contribution in [2.75, 3.05) is 14.1 Å². The van der Waals surface area contributed by atoms with Crippen molar-refractivity contribution in [2.45, 2.75) is 51.7 Å². The number of ether oxygens (including phenoxy) is 1. The van der Waals surface area contributed by atoms with Crippen LogP contribution in [0.5, 0.6) is 5.75 Å². The fraction of sp³-hybridized carbons (Fsp3) is 0.625. The largest absolute Gasteiger partial charge is 0.488 e. The monoisotopic (exact) mass is 247 g/mol. The molecule has 0 bridgehead atoms. The first-order chi connectivity index (χ1) is 8.59. The Balaban J connectivity index is 2.16. The van der Waals surface area contributed by atoms with Gasteiger partial charge in [-0.15, -0.1) is 0 Å². The number of likely N-dealkylation sites (N-methyl/N-ethyl adjacent to an activating group) is 1. The Morgan fingerprint density at radius 3 is 2.28 bits per heavy atom. The molecule has 18 heavy (non-hydrogen) atoms. The van der Waals surface area contributed by atoms with Crippen molar-refractivity contribution in [3.63, 3.8) is 0 Å². The molecule has 0 saturated heterocycles. The van der Waals surface area contributed by atoms with Crippen LogP contribution in [0, 0.1) is 13.8 Å². The fourth-order valence-electron chi connectivity index (χ4n) is 2.94. The number of rotatable bonds is 3. The summed E-state index contributed by atoms with van der Waals surface area (Å²) >= 11 is 0. The fourth-order valence-corrected chi connectivity index (χ4v) is 2.94. The molecule has 0 amide bonds. The van der Waals surface area contributed by atoms with Crippen molar-refractivity contribution >= 4 is 0 Å². The van der Waals surface area contributed by atoms with E-state index in [2.05, 4.69) is 51.0 Å². The molecule has 1 aliphatic carbocycles. The third-order valence-electron chi connectivity index (χ3n) is 4.01. The lowest BCUT2D eigenvalue weighted by Gasteiger charge is -2.36. The molecule has 0 aromatic heterocycles. The topological polar surface area (TPSA) is 12.5 Å². The Morgan fingerprint density at radius 1 is 1.06 bits per heavy atom. The highest BCUT2D eigenvalue weighted by molar-refractivity contribution is 5.40. The predicted octanol–water partition coefficient (Wildman–Crippen LogP) is 3.56. The summed E-state index contributed by atoms with van der Waals surface area (Å²) in [6.07, 6.45) is 5.39. The summed E-state index contributed by atoms with van der Waals surface area (Å²) in [7, 11) is 4.33. The Morgan fingerprint density at radius 2 is 1.67 bits per heavy atom. The lowest BCUT2D eigenvalue weighted by molar-refractivity contribution is 0.0612. The second-order valence-corrected chi connectivity index (χ2v) is 5.69. The van der Waals surface area contributed by atoms with Crippen LogP contribution in [0.4, 0.5) is 0 Å². The van der Waals surface area contributed by atoms with Gasteiger partial charge in [-0.05, 0) is 58.3 Å². The molecule has 2 nitrogen and oxygen atoms in total. The van der Waals surface area contributed by atoms with Crippen molar-refractivity contribution in [1.82, 2.24) is 4.90 Å². The molecule has 0 unspecified atom stereocenters. The normalized spacial score (nSPS) is 24.3. The summed E-state index contributed by atoms with van der Waals surface area (Å²) in [5, 5.41) is 0. The van der Waals surface area contributed by atoms with Crippen LogP contribution in [0.2, 0.25) is 0 Å². The number of benzene rings is 1. The highest BCUT2D eigenvalue weighted by atomic mass is 16.5. The number of para-hydroxylation sites is 1. The number of nitrogens with zero attached hydrogens (tertiary/aromatic N) is 1. The predicted molar refractivity (Wildman–Crippen MR) is 76.3 cm³/mol. The van der Waals surface area contributed by atoms with E-state index in [0.29, 0.717) is 12.1 Å². The average molecular weight is 247 g/mol. The first-order valence-electron chi connectivity index (χ1n) is 6.99. The summed E-state index contributed by atoms with van der Waals surface area (Å²) in [6.45, 7) is 4.27. The summed E-state index contributed by atoms with van der Waals surface area (Å²) in [6, 6.07) is 6.92. The second kappa shape index (κ2) is 5.75. The Bertz CT molecular complexity index is 380. The van der Waals surface area contributed by atoms with Crippen LogP contribution >= 0.6 is 0 Å². The Kier molecular flexibility index (Phi) is 4.28. The lowest BCUT2D eigenvalue weighted by Crippen LogP contribution is -2.44. The molecule has 1 aromatic carbocycles. The second-order valence-electron chi connectivity index (χ2n) is 5.69. The molecule has 2 atom stereocenters. The zero-order valence-electron chi connectivity index (χ0n) is 12.1. The number of aryl methyl sites for hydroxylation is 2. The van der Waals surface area contributed by atoms with Gasteiger partial charge in [0.15, 0.2) is 0 Å². The van der Waals surface area contributed by atoms with Crippen LogP contribution in [0.25, 0.3) is 0 Å². The molecule has 0 aliphatic heterocycles. The van der Waals surface area contributed by atoms with Crippen molar-refractivity contribution in [2.24, 2.45) is 0 Å². The van der Waals surface area contributed by atoms with E-state index in [1.807, 2.05) is 0 Å². The van der Waals surface area contributed by atoms with Gasteiger partial charge in [0, 0.05) is 6.04 Å².